The van der Waals surface area contributed by atoms with Crippen LogP contribution in [0.1, 0.15) is 25.3 Å². The summed E-state index contributed by atoms with van der Waals surface area (Å²) in [7, 11) is 1.83. The van der Waals surface area contributed by atoms with Gasteiger partial charge in [0.25, 0.3) is 0 Å². The number of hydrogen-bond donors (Lipinski definition) is 2. The maximum Gasteiger partial charge on any atom is 0.191 e. The lowest BCUT2D eigenvalue weighted by molar-refractivity contribution is 0.0529. The van der Waals surface area contributed by atoms with Gasteiger partial charge < -0.3 is 25.2 Å². The highest BCUT2D eigenvalue weighted by molar-refractivity contribution is 14.0. The standard InChI is InChI=1S/C22H32N6OS.HI/c1-17-16-28(11-12-29-17)20-6-5-18(14-24-20)15-25-22(23-2)26-19-7-9-27(10-8-19)21-4-3-13-30-21;/h3-6,13-14,17,19H,7-12,15-16H2,1-2H3,(H2,23,25,26);1H. The molecule has 2 aromatic rings. The molecule has 0 bridgehead atoms. The predicted molar refractivity (Wildman–Crippen MR) is 140 cm³/mol. The number of guanidine groups is 1. The van der Waals surface area contributed by atoms with Gasteiger partial charge in [-0.15, -0.1) is 35.3 Å². The van der Waals surface area contributed by atoms with E-state index in [9.17, 15) is 0 Å². The van der Waals surface area contributed by atoms with E-state index in [1.54, 1.807) is 0 Å². The first-order valence-corrected chi connectivity index (χ1v) is 11.7. The van der Waals surface area contributed by atoms with Crippen LogP contribution in [0.2, 0.25) is 0 Å². The van der Waals surface area contributed by atoms with Crippen molar-refractivity contribution in [3.63, 3.8) is 0 Å². The molecule has 2 saturated heterocycles. The van der Waals surface area contributed by atoms with E-state index in [1.807, 2.05) is 24.6 Å². The van der Waals surface area contributed by atoms with Crippen LogP contribution in [0.3, 0.4) is 0 Å². The molecule has 0 aromatic carbocycles. The Bertz CT molecular complexity index is 808. The van der Waals surface area contributed by atoms with Crippen LogP contribution in [-0.4, -0.2) is 62.9 Å². The minimum absolute atomic E-state index is 0. The molecule has 0 radical (unpaired) electrons. The van der Waals surface area contributed by atoms with Crippen LogP contribution in [-0.2, 0) is 11.3 Å². The molecule has 4 heterocycles. The summed E-state index contributed by atoms with van der Waals surface area (Å²) in [5.74, 6) is 1.88. The van der Waals surface area contributed by atoms with Gasteiger partial charge in [0.2, 0.25) is 0 Å². The van der Waals surface area contributed by atoms with Gasteiger partial charge >= 0.3 is 0 Å². The summed E-state index contributed by atoms with van der Waals surface area (Å²) < 4.78 is 5.62. The van der Waals surface area contributed by atoms with Crippen LogP contribution in [0.5, 0.6) is 0 Å². The quantitative estimate of drug-likeness (QED) is 0.335. The molecule has 2 fully saturated rings. The van der Waals surface area contributed by atoms with Gasteiger partial charge in [-0.05, 0) is 48.9 Å². The molecule has 31 heavy (non-hydrogen) atoms. The first-order chi connectivity index (χ1) is 14.7. The summed E-state index contributed by atoms with van der Waals surface area (Å²) in [6, 6.07) is 9.03. The molecule has 2 aromatic heterocycles. The Morgan fingerprint density at radius 3 is 2.71 bits per heavy atom. The fourth-order valence-electron chi connectivity index (χ4n) is 4.00. The van der Waals surface area contributed by atoms with Crippen LogP contribution in [0.15, 0.2) is 40.8 Å². The first kappa shape index (κ1) is 24.1. The van der Waals surface area contributed by atoms with E-state index in [0.29, 0.717) is 12.6 Å². The van der Waals surface area contributed by atoms with Gasteiger partial charge in [0.15, 0.2) is 5.96 Å². The van der Waals surface area contributed by atoms with Gasteiger partial charge in [0.1, 0.15) is 5.82 Å². The van der Waals surface area contributed by atoms with E-state index in [4.69, 9.17) is 4.74 Å². The summed E-state index contributed by atoms with van der Waals surface area (Å²) in [5, 5.41) is 10.5. The van der Waals surface area contributed by atoms with E-state index < -0.39 is 0 Å². The third-order valence-corrected chi connectivity index (χ3v) is 6.64. The number of anilines is 2. The van der Waals surface area contributed by atoms with Crippen molar-refractivity contribution < 1.29 is 4.74 Å². The monoisotopic (exact) mass is 556 g/mol. The number of hydrogen-bond acceptors (Lipinski definition) is 6. The van der Waals surface area contributed by atoms with Crippen LogP contribution in [0.4, 0.5) is 10.8 Å². The summed E-state index contributed by atoms with van der Waals surface area (Å²) in [5.41, 5.74) is 1.15. The highest BCUT2D eigenvalue weighted by atomic mass is 127. The minimum atomic E-state index is 0. The molecule has 2 N–H and O–H groups in total. The number of nitrogens with one attached hydrogen (secondary N) is 2. The van der Waals surface area contributed by atoms with Gasteiger partial charge in [0, 0.05) is 52.0 Å². The lowest BCUT2D eigenvalue weighted by atomic mass is 10.1. The molecular weight excluding hydrogens is 523 g/mol. The van der Waals surface area contributed by atoms with Crippen molar-refractivity contribution >= 4 is 52.1 Å². The number of morpholine rings is 1. The highest BCUT2D eigenvalue weighted by Gasteiger charge is 2.21. The minimum Gasteiger partial charge on any atom is -0.375 e. The summed E-state index contributed by atoms with van der Waals surface area (Å²) in [6.45, 7) is 7.54. The number of pyridine rings is 1. The SMILES string of the molecule is CN=C(NCc1ccc(N2CCOC(C)C2)nc1)NC1CCN(c2cccs2)CC1.I. The molecule has 7 nitrogen and oxygen atoms in total. The Labute approximate surface area is 206 Å². The zero-order valence-electron chi connectivity index (χ0n) is 18.3. The molecule has 1 atom stereocenters. The second-order valence-corrected chi connectivity index (χ2v) is 8.86. The van der Waals surface area contributed by atoms with Crippen molar-refractivity contribution in [2.24, 2.45) is 4.99 Å². The number of aliphatic imine (C=N–C) groups is 1. The molecule has 9 heteroatoms. The molecule has 0 saturated carbocycles. The van der Waals surface area contributed by atoms with Crippen LogP contribution in [0, 0.1) is 0 Å². The fraction of sp³-hybridized carbons (Fsp3) is 0.545. The van der Waals surface area contributed by atoms with Crippen molar-refractivity contribution in [3.05, 3.63) is 41.4 Å². The smallest absolute Gasteiger partial charge is 0.191 e. The summed E-state index contributed by atoms with van der Waals surface area (Å²) in [4.78, 5) is 13.8. The van der Waals surface area contributed by atoms with Crippen molar-refractivity contribution in [1.82, 2.24) is 15.6 Å². The second kappa shape index (κ2) is 11.9. The van der Waals surface area contributed by atoms with E-state index in [0.717, 1.165) is 63.0 Å². The first-order valence-electron chi connectivity index (χ1n) is 10.8. The number of thiophene rings is 1. The fourth-order valence-corrected chi connectivity index (χ4v) is 4.79. The van der Waals surface area contributed by atoms with Crippen LogP contribution < -0.4 is 20.4 Å². The molecule has 2 aliphatic rings. The third kappa shape index (κ3) is 6.69. The number of ether oxygens (including phenoxy) is 1. The lowest BCUT2D eigenvalue weighted by Crippen LogP contribution is -2.48. The molecule has 2 aliphatic heterocycles. The van der Waals surface area contributed by atoms with Crippen LogP contribution >= 0.6 is 35.3 Å². The molecule has 1 unspecified atom stereocenters. The maximum atomic E-state index is 5.62. The van der Waals surface area contributed by atoms with Gasteiger partial charge in [-0.3, -0.25) is 4.99 Å². The number of nitrogens with zero attached hydrogens (tertiary/aromatic N) is 4. The Kier molecular flexibility index (Phi) is 9.21. The molecule has 4 rings (SSSR count). The highest BCUT2D eigenvalue weighted by Crippen LogP contribution is 2.24. The van der Waals surface area contributed by atoms with Crippen molar-refractivity contribution in [3.8, 4) is 0 Å². The zero-order chi connectivity index (χ0) is 20.8. The van der Waals surface area contributed by atoms with Crippen LogP contribution in [0.25, 0.3) is 0 Å². The predicted octanol–water partition coefficient (Wildman–Crippen LogP) is 3.32. The van der Waals surface area contributed by atoms with Gasteiger partial charge in [-0.2, -0.15) is 0 Å². The molecular formula is C22H33IN6OS. The number of aromatic nitrogens is 1. The Hall–Kier alpha value is -1.59. The third-order valence-electron chi connectivity index (χ3n) is 5.71. The van der Waals surface area contributed by atoms with Gasteiger partial charge in [-0.25, -0.2) is 4.98 Å². The molecule has 170 valence electrons. The van der Waals surface area contributed by atoms with E-state index in [2.05, 4.69) is 67.0 Å². The second-order valence-electron chi connectivity index (χ2n) is 7.93. The lowest BCUT2D eigenvalue weighted by Gasteiger charge is -2.33. The number of halogens is 1. The molecule has 0 aliphatic carbocycles. The Morgan fingerprint density at radius 1 is 1.23 bits per heavy atom. The summed E-state index contributed by atoms with van der Waals surface area (Å²) >= 11 is 1.82. The molecule has 0 amide bonds. The average molecular weight is 557 g/mol. The molecule has 0 spiro atoms. The van der Waals surface area contributed by atoms with Gasteiger partial charge in [-0.1, -0.05) is 6.07 Å². The van der Waals surface area contributed by atoms with Crippen molar-refractivity contribution in [2.75, 3.05) is 49.6 Å². The van der Waals surface area contributed by atoms with E-state index in [-0.39, 0.29) is 30.1 Å². The zero-order valence-corrected chi connectivity index (χ0v) is 21.4. The number of rotatable bonds is 5. The van der Waals surface area contributed by atoms with E-state index in [1.165, 1.54) is 5.00 Å². The van der Waals surface area contributed by atoms with Crippen molar-refractivity contribution in [2.45, 2.75) is 38.5 Å². The van der Waals surface area contributed by atoms with E-state index >= 15 is 0 Å². The van der Waals surface area contributed by atoms with Gasteiger partial charge in [0.05, 0.1) is 17.7 Å². The maximum absolute atomic E-state index is 5.62. The summed E-state index contributed by atoms with van der Waals surface area (Å²) in [6.07, 6.45) is 4.45. The van der Waals surface area contributed by atoms with Crippen molar-refractivity contribution in [1.29, 1.82) is 0 Å². The average Bonchev–Trinajstić information content (AvgIpc) is 3.32. The largest absolute Gasteiger partial charge is 0.375 e. The topological polar surface area (TPSA) is 65.0 Å². The normalized spacial score (nSPS) is 20.3. The Balaban J connectivity index is 0.00000272. The number of piperidine rings is 1. The Morgan fingerprint density at radius 2 is 2.06 bits per heavy atom.